The van der Waals surface area contributed by atoms with Crippen LogP contribution in [-0.4, -0.2) is 86.4 Å². The topological polar surface area (TPSA) is 106 Å². The smallest absolute Gasteiger partial charge is 0.421 e. The Morgan fingerprint density at radius 2 is 1.90 bits per heavy atom. The first-order valence-electron chi connectivity index (χ1n) is 13.5. The Morgan fingerprint density at radius 3 is 2.55 bits per heavy atom. The van der Waals surface area contributed by atoms with Crippen LogP contribution in [0.2, 0.25) is 5.02 Å². The summed E-state index contributed by atoms with van der Waals surface area (Å²) in [5.41, 5.74) is 0.293. The van der Waals surface area contributed by atoms with Crippen LogP contribution in [0.3, 0.4) is 0 Å². The summed E-state index contributed by atoms with van der Waals surface area (Å²) in [6.07, 6.45) is -1.89. The lowest BCUT2D eigenvalue weighted by molar-refractivity contribution is -0.140. The zero-order chi connectivity index (χ0) is 30.4. The Kier molecular flexibility index (Phi) is 10.4. The fourth-order valence-corrected chi connectivity index (χ4v) is 5.37. The Labute approximate surface area is 247 Å². The number of carboxylic acid groups (broad SMARTS) is 1. The standard InChI is InChI=1S/C28H34ClF3N4O6/c1-17-22(13-26(37)38)36(16-24(17)41-10-4-9-39-2)18-11-20(28(30,31)32)27(34-14-18)42-19-5-7-35(8-6-19)23-12-25(40-3)33-15-21(23)29/h11-12,14-15,19,22,24H,1,4-10,13,16H2,2-3H3,(H,37,38)/t22-,24-/m0/s1. The van der Waals surface area contributed by atoms with Gasteiger partial charge >= 0.3 is 12.1 Å². The van der Waals surface area contributed by atoms with Crippen LogP contribution in [0.4, 0.5) is 24.5 Å². The van der Waals surface area contributed by atoms with Gasteiger partial charge in [-0.2, -0.15) is 13.2 Å². The molecular weight excluding hydrogens is 581 g/mol. The van der Waals surface area contributed by atoms with Crippen molar-refractivity contribution in [1.29, 1.82) is 0 Å². The highest BCUT2D eigenvalue weighted by atomic mass is 35.5. The average molecular weight is 615 g/mol. The Hall–Kier alpha value is -3.29. The van der Waals surface area contributed by atoms with Gasteiger partial charge < -0.3 is 33.9 Å². The Balaban J connectivity index is 1.50. The molecule has 0 saturated carbocycles. The molecule has 4 rings (SSSR count). The van der Waals surface area contributed by atoms with Crippen LogP contribution in [-0.2, 0) is 20.4 Å². The molecule has 2 atom stereocenters. The van der Waals surface area contributed by atoms with Gasteiger partial charge in [0.2, 0.25) is 11.8 Å². The van der Waals surface area contributed by atoms with Gasteiger partial charge in [0.15, 0.2) is 0 Å². The molecule has 0 spiro atoms. The number of anilines is 2. The minimum Gasteiger partial charge on any atom is -0.481 e. The highest BCUT2D eigenvalue weighted by Gasteiger charge is 2.41. The molecule has 2 saturated heterocycles. The van der Waals surface area contributed by atoms with Crippen molar-refractivity contribution in [3.63, 3.8) is 0 Å². The van der Waals surface area contributed by atoms with Gasteiger partial charge in [0.25, 0.3) is 0 Å². The summed E-state index contributed by atoms with van der Waals surface area (Å²) in [6.45, 7) is 5.95. The third-order valence-electron chi connectivity index (χ3n) is 7.31. The molecule has 230 valence electrons. The number of carboxylic acids is 1. The van der Waals surface area contributed by atoms with E-state index >= 15 is 0 Å². The first-order valence-corrected chi connectivity index (χ1v) is 13.9. The van der Waals surface area contributed by atoms with Crippen molar-refractivity contribution in [1.82, 2.24) is 9.97 Å². The van der Waals surface area contributed by atoms with E-state index in [9.17, 15) is 23.1 Å². The number of rotatable bonds is 12. The second kappa shape index (κ2) is 13.8. The first-order chi connectivity index (χ1) is 20.0. The van der Waals surface area contributed by atoms with Crippen molar-refractivity contribution in [2.45, 2.75) is 50.1 Å². The number of ether oxygens (including phenoxy) is 4. The van der Waals surface area contributed by atoms with Crippen molar-refractivity contribution in [3.8, 4) is 11.8 Å². The lowest BCUT2D eigenvalue weighted by Gasteiger charge is -2.34. The SMILES string of the molecule is C=C1[C@@H](OCCCOC)CN(c2cnc(OC3CCN(c4cc(OC)ncc4Cl)CC3)c(C(F)(F)F)c2)[C@H]1CC(=O)O. The molecule has 0 unspecified atom stereocenters. The average Bonchev–Trinajstić information content (AvgIpc) is 3.25. The zero-order valence-corrected chi connectivity index (χ0v) is 24.2. The maximum absolute atomic E-state index is 14.2. The van der Waals surface area contributed by atoms with E-state index in [1.165, 1.54) is 19.5 Å². The maximum Gasteiger partial charge on any atom is 0.421 e. The number of aliphatic carboxylic acids is 1. The van der Waals surface area contributed by atoms with Gasteiger partial charge in [0.1, 0.15) is 11.7 Å². The van der Waals surface area contributed by atoms with Gasteiger partial charge in [-0.1, -0.05) is 18.2 Å². The summed E-state index contributed by atoms with van der Waals surface area (Å²) in [5.74, 6) is -1.22. The number of hydrogen-bond donors (Lipinski definition) is 1. The molecule has 2 aromatic heterocycles. The third-order valence-corrected chi connectivity index (χ3v) is 7.61. The maximum atomic E-state index is 14.2. The van der Waals surface area contributed by atoms with Gasteiger partial charge in [0.05, 0.1) is 54.5 Å². The molecule has 2 fully saturated rings. The van der Waals surface area contributed by atoms with Gasteiger partial charge in [-0.25, -0.2) is 9.97 Å². The molecule has 2 aliphatic heterocycles. The van der Waals surface area contributed by atoms with Crippen LogP contribution in [0.1, 0.15) is 31.2 Å². The second-order valence-electron chi connectivity index (χ2n) is 10.1. The predicted molar refractivity (Wildman–Crippen MR) is 150 cm³/mol. The van der Waals surface area contributed by atoms with Gasteiger partial charge in [0, 0.05) is 58.9 Å². The molecule has 0 amide bonds. The van der Waals surface area contributed by atoms with Crippen LogP contribution in [0.5, 0.6) is 11.8 Å². The fourth-order valence-electron chi connectivity index (χ4n) is 5.15. The lowest BCUT2D eigenvalue weighted by atomic mass is 10.0. The number of pyridine rings is 2. The summed E-state index contributed by atoms with van der Waals surface area (Å²) in [7, 11) is 3.07. The fraction of sp³-hybridized carbons (Fsp3) is 0.536. The quantitative estimate of drug-likeness (QED) is 0.263. The van der Waals surface area contributed by atoms with Gasteiger partial charge in [-0.05, 0) is 18.1 Å². The summed E-state index contributed by atoms with van der Waals surface area (Å²) in [6, 6.07) is 1.91. The zero-order valence-electron chi connectivity index (χ0n) is 23.4. The first kappa shape index (κ1) is 31.6. The molecule has 1 N–H and O–H groups in total. The van der Waals surface area contributed by atoms with Crippen LogP contribution >= 0.6 is 11.6 Å². The summed E-state index contributed by atoms with van der Waals surface area (Å²) in [4.78, 5) is 23.3. The number of halogens is 4. The Bertz CT molecular complexity index is 1260. The van der Waals surface area contributed by atoms with Crippen molar-refractivity contribution in [3.05, 3.63) is 47.3 Å². The van der Waals surface area contributed by atoms with E-state index in [1.807, 2.05) is 4.90 Å². The largest absolute Gasteiger partial charge is 0.481 e. The van der Waals surface area contributed by atoms with E-state index in [-0.39, 0.29) is 18.7 Å². The van der Waals surface area contributed by atoms with Crippen LogP contribution in [0, 0.1) is 0 Å². The molecule has 0 aromatic carbocycles. The number of methoxy groups -OCH3 is 2. The van der Waals surface area contributed by atoms with Crippen molar-refractivity contribution in [2.24, 2.45) is 0 Å². The molecule has 0 bridgehead atoms. The highest BCUT2D eigenvalue weighted by Crippen LogP contribution is 2.41. The minimum atomic E-state index is -4.75. The number of alkyl halides is 3. The van der Waals surface area contributed by atoms with E-state index in [2.05, 4.69) is 16.5 Å². The summed E-state index contributed by atoms with van der Waals surface area (Å²) < 4.78 is 64.6. The van der Waals surface area contributed by atoms with Gasteiger partial charge in [-0.3, -0.25) is 4.79 Å². The third kappa shape index (κ3) is 7.56. The molecule has 2 aromatic rings. The van der Waals surface area contributed by atoms with Crippen LogP contribution in [0.25, 0.3) is 0 Å². The minimum absolute atomic E-state index is 0.112. The van der Waals surface area contributed by atoms with Crippen molar-refractivity contribution >= 4 is 28.9 Å². The second-order valence-corrected chi connectivity index (χ2v) is 10.5. The van der Waals surface area contributed by atoms with Crippen LogP contribution < -0.4 is 19.3 Å². The summed E-state index contributed by atoms with van der Waals surface area (Å²) in [5, 5.41) is 9.92. The number of aromatic nitrogens is 2. The Morgan fingerprint density at radius 1 is 1.17 bits per heavy atom. The molecule has 14 heteroatoms. The normalized spacial score (nSPS) is 19.8. The lowest BCUT2D eigenvalue weighted by Crippen LogP contribution is -2.39. The molecule has 4 heterocycles. The van der Waals surface area contributed by atoms with Crippen molar-refractivity contribution < 1.29 is 42.0 Å². The van der Waals surface area contributed by atoms with E-state index in [1.54, 1.807) is 18.1 Å². The van der Waals surface area contributed by atoms with E-state index in [0.717, 1.165) is 11.8 Å². The van der Waals surface area contributed by atoms with E-state index in [0.29, 0.717) is 62.0 Å². The number of carbonyl (C=O) groups is 1. The molecular formula is C28H34ClF3N4O6. The molecule has 2 aliphatic rings. The summed E-state index contributed by atoms with van der Waals surface area (Å²) >= 11 is 6.31. The molecule has 0 aliphatic carbocycles. The van der Waals surface area contributed by atoms with Crippen molar-refractivity contribution in [2.75, 3.05) is 56.9 Å². The molecule has 0 radical (unpaired) electrons. The highest BCUT2D eigenvalue weighted by molar-refractivity contribution is 6.33. The molecule has 10 nitrogen and oxygen atoms in total. The van der Waals surface area contributed by atoms with E-state index < -0.39 is 41.8 Å². The van der Waals surface area contributed by atoms with Crippen LogP contribution in [0.15, 0.2) is 36.7 Å². The number of nitrogens with zero attached hydrogens (tertiary/aromatic N) is 4. The number of piperidine rings is 1. The molecule has 42 heavy (non-hydrogen) atoms. The predicted octanol–water partition coefficient (Wildman–Crippen LogP) is 4.85. The van der Waals surface area contributed by atoms with E-state index in [4.69, 9.17) is 30.5 Å². The monoisotopic (exact) mass is 614 g/mol. The van der Waals surface area contributed by atoms with Gasteiger partial charge in [-0.15, -0.1) is 0 Å². The number of hydrogen-bond acceptors (Lipinski definition) is 9.